The third-order valence-corrected chi connectivity index (χ3v) is 1.30. The summed E-state index contributed by atoms with van der Waals surface area (Å²) in [5.74, 6) is 0.111. The SMILES string of the molecule is O=CNCC1CC1F. The summed E-state index contributed by atoms with van der Waals surface area (Å²) in [4.78, 5) is 9.61. The third kappa shape index (κ3) is 1.18. The molecular weight excluding hydrogens is 109 g/mol. The van der Waals surface area contributed by atoms with Crippen LogP contribution in [0.5, 0.6) is 0 Å². The third-order valence-electron chi connectivity index (χ3n) is 1.30. The lowest BCUT2D eigenvalue weighted by Crippen LogP contribution is -2.14. The molecule has 0 spiro atoms. The van der Waals surface area contributed by atoms with E-state index in [2.05, 4.69) is 5.32 Å². The van der Waals surface area contributed by atoms with Crippen LogP contribution in [0.2, 0.25) is 0 Å². The molecule has 0 aromatic rings. The number of halogens is 1. The van der Waals surface area contributed by atoms with Crippen LogP contribution in [-0.2, 0) is 4.79 Å². The Bertz CT molecular complexity index is 96.4. The number of rotatable bonds is 3. The largest absolute Gasteiger partial charge is 0.358 e. The van der Waals surface area contributed by atoms with Crippen molar-refractivity contribution in [2.24, 2.45) is 5.92 Å². The van der Waals surface area contributed by atoms with Crippen molar-refractivity contribution in [1.82, 2.24) is 5.32 Å². The van der Waals surface area contributed by atoms with Crippen molar-refractivity contribution in [3.63, 3.8) is 0 Å². The van der Waals surface area contributed by atoms with Gasteiger partial charge < -0.3 is 5.32 Å². The Labute approximate surface area is 47.1 Å². The van der Waals surface area contributed by atoms with Crippen molar-refractivity contribution in [2.75, 3.05) is 6.54 Å². The lowest BCUT2D eigenvalue weighted by molar-refractivity contribution is -0.109. The highest BCUT2D eigenvalue weighted by atomic mass is 19.1. The Morgan fingerprint density at radius 2 is 2.50 bits per heavy atom. The number of nitrogens with one attached hydrogen (secondary N) is 1. The minimum Gasteiger partial charge on any atom is -0.358 e. The van der Waals surface area contributed by atoms with Crippen LogP contribution in [0.25, 0.3) is 0 Å². The van der Waals surface area contributed by atoms with Crippen LogP contribution in [0.1, 0.15) is 6.42 Å². The first-order valence-electron chi connectivity index (χ1n) is 2.65. The van der Waals surface area contributed by atoms with Gasteiger partial charge in [0.1, 0.15) is 6.17 Å². The van der Waals surface area contributed by atoms with Gasteiger partial charge in [-0.15, -0.1) is 0 Å². The van der Waals surface area contributed by atoms with Crippen molar-refractivity contribution < 1.29 is 9.18 Å². The van der Waals surface area contributed by atoms with Gasteiger partial charge in [0.2, 0.25) is 6.41 Å². The maximum atomic E-state index is 11.9. The summed E-state index contributed by atoms with van der Waals surface area (Å²) < 4.78 is 11.9. The number of hydrogen-bond donors (Lipinski definition) is 1. The fraction of sp³-hybridized carbons (Fsp3) is 0.800. The first-order chi connectivity index (χ1) is 3.84. The molecule has 1 N–H and O–H groups in total. The normalized spacial score (nSPS) is 34.1. The average molecular weight is 117 g/mol. The molecule has 1 saturated carbocycles. The fourth-order valence-electron chi connectivity index (χ4n) is 0.621. The van der Waals surface area contributed by atoms with E-state index in [1.807, 2.05) is 0 Å². The monoisotopic (exact) mass is 117 g/mol. The van der Waals surface area contributed by atoms with Gasteiger partial charge in [-0.2, -0.15) is 0 Å². The first kappa shape index (κ1) is 5.54. The van der Waals surface area contributed by atoms with E-state index in [0.29, 0.717) is 19.4 Å². The van der Waals surface area contributed by atoms with E-state index in [1.54, 1.807) is 0 Å². The molecule has 0 bridgehead atoms. The highest BCUT2D eigenvalue weighted by molar-refractivity contribution is 5.45. The molecule has 2 unspecified atom stereocenters. The van der Waals surface area contributed by atoms with Crippen LogP contribution in [0.3, 0.4) is 0 Å². The zero-order valence-corrected chi connectivity index (χ0v) is 4.43. The second-order valence-corrected chi connectivity index (χ2v) is 2.04. The van der Waals surface area contributed by atoms with Gasteiger partial charge in [0.05, 0.1) is 0 Å². The first-order valence-corrected chi connectivity index (χ1v) is 2.65. The highest BCUT2D eigenvalue weighted by Crippen LogP contribution is 2.32. The summed E-state index contributed by atoms with van der Waals surface area (Å²) in [6.45, 7) is 0.505. The van der Waals surface area contributed by atoms with E-state index in [1.165, 1.54) is 0 Å². The Kier molecular flexibility index (Phi) is 1.46. The van der Waals surface area contributed by atoms with Crippen LogP contribution >= 0.6 is 0 Å². The van der Waals surface area contributed by atoms with Crippen LogP contribution in [0.15, 0.2) is 0 Å². The molecule has 1 rings (SSSR count). The second-order valence-electron chi connectivity index (χ2n) is 2.04. The Balaban J connectivity index is 1.97. The van der Waals surface area contributed by atoms with Gasteiger partial charge in [-0.3, -0.25) is 4.79 Å². The summed E-state index contributed by atoms with van der Waals surface area (Å²) >= 11 is 0. The van der Waals surface area contributed by atoms with E-state index in [0.717, 1.165) is 0 Å². The number of carbonyl (C=O) groups is 1. The van der Waals surface area contributed by atoms with Crippen molar-refractivity contribution in [3.8, 4) is 0 Å². The topological polar surface area (TPSA) is 29.1 Å². The van der Waals surface area contributed by atoms with Gasteiger partial charge in [0.15, 0.2) is 0 Å². The van der Waals surface area contributed by atoms with E-state index in [4.69, 9.17) is 0 Å². The molecule has 1 amide bonds. The summed E-state index contributed by atoms with van der Waals surface area (Å²) in [7, 11) is 0. The number of amides is 1. The molecule has 0 aromatic carbocycles. The predicted molar refractivity (Wildman–Crippen MR) is 27.1 cm³/mol. The predicted octanol–water partition coefficient (Wildman–Crippen LogP) is 0.0904. The molecule has 0 aromatic heterocycles. The summed E-state index contributed by atoms with van der Waals surface area (Å²) in [5.41, 5.74) is 0. The second kappa shape index (κ2) is 2.11. The van der Waals surface area contributed by atoms with Crippen LogP contribution in [0, 0.1) is 5.92 Å². The molecule has 0 saturated heterocycles. The van der Waals surface area contributed by atoms with Crippen molar-refractivity contribution in [3.05, 3.63) is 0 Å². The maximum Gasteiger partial charge on any atom is 0.207 e. The summed E-state index contributed by atoms with van der Waals surface area (Å²) in [6.07, 6.45) is 0.578. The average Bonchev–Trinajstić information content (AvgIpc) is 2.42. The Morgan fingerprint density at radius 1 is 1.88 bits per heavy atom. The van der Waals surface area contributed by atoms with Gasteiger partial charge in [-0.05, 0) is 6.42 Å². The molecule has 1 aliphatic rings. The van der Waals surface area contributed by atoms with Gasteiger partial charge in [0.25, 0.3) is 0 Å². The van der Waals surface area contributed by atoms with Gasteiger partial charge in [-0.25, -0.2) is 4.39 Å². The minimum atomic E-state index is -0.651. The smallest absolute Gasteiger partial charge is 0.207 e. The van der Waals surface area contributed by atoms with E-state index in [9.17, 15) is 9.18 Å². The molecule has 8 heavy (non-hydrogen) atoms. The molecule has 2 atom stereocenters. The maximum absolute atomic E-state index is 11.9. The molecule has 1 aliphatic carbocycles. The molecule has 0 heterocycles. The lowest BCUT2D eigenvalue weighted by Gasteiger charge is -1.89. The summed E-state index contributed by atoms with van der Waals surface area (Å²) in [6, 6.07) is 0. The molecular formula is C5H8FNO. The van der Waals surface area contributed by atoms with E-state index in [-0.39, 0.29) is 5.92 Å². The molecule has 3 heteroatoms. The number of alkyl halides is 1. The van der Waals surface area contributed by atoms with Crippen LogP contribution in [-0.4, -0.2) is 19.1 Å². The highest BCUT2D eigenvalue weighted by Gasteiger charge is 2.36. The zero-order valence-electron chi connectivity index (χ0n) is 4.43. The number of hydrogen-bond acceptors (Lipinski definition) is 1. The number of carbonyl (C=O) groups excluding carboxylic acids is 1. The van der Waals surface area contributed by atoms with Crippen molar-refractivity contribution >= 4 is 6.41 Å². The molecule has 2 nitrogen and oxygen atoms in total. The van der Waals surface area contributed by atoms with Gasteiger partial charge in [-0.1, -0.05) is 0 Å². The molecule has 0 aliphatic heterocycles. The van der Waals surface area contributed by atoms with Crippen LogP contribution < -0.4 is 5.32 Å². The standard InChI is InChI=1S/C5H8FNO/c6-5-1-4(5)2-7-3-8/h3-5H,1-2H2,(H,7,8). The van der Waals surface area contributed by atoms with Crippen molar-refractivity contribution in [2.45, 2.75) is 12.6 Å². The van der Waals surface area contributed by atoms with E-state index >= 15 is 0 Å². The van der Waals surface area contributed by atoms with E-state index < -0.39 is 6.17 Å². The fourth-order valence-corrected chi connectivity index (χ4v) is 0.621. The zero-order chi connectivity index (χ0) is 5.98. The molecule has 0 radical (unpaired) electrons. The summed E-state index contributed by atoms with van der Waals surface area (Å²) in [5, 5.41) is 2.42. The lowest BCUT2D eigenvalue weighted by atomic mass is 10.4. The van der Waals surface area contributed by atoms with Crippen molar-refractivity contribution in [1.29, 1.82) is 0 Å². The van der Waals surface area contributed by atoms with Crippen LogP contribution in [0.4, 0.5) is 4.39 Å². The van der Waals surface area contributed by atoms with Gasteiger partial charge in [0, 0.05) is 12.5 Å². The van der Waals surface area contributed by atoms with Gasteiger partial charge >= 0.3 is 0 Å². The Hall–Kier alpha value is -0.600. The Morgan fingerprint density at radius 3 is 2.88 bits per heavy atom. The molecule has 1 fully saturated rings. The quantitative estimate of drug-likeness (QED) is 0.521. The minimum absolute atomic E-state index is 0.111. The molecule has 46 valence electrons.